The zero-order valence-electron chi connectivity index (χ0n) is 10.3. The highest BCUT2D eigenvalue weighted by Gasteiger charge is 2.41. The van der Waals surface area contributed by atoms with E-state index in [1.54, 1.807) is 7.11 Å². The van der Waals surface area contributed by atoms with Crippen LogP contribution in [0.15, 0.2) is 24.3 Å². The molecule has 1 N–H and O–H groups in total. The second-order valence-electron chi connectivity index (χ2n) is 4.97. The van der Waals surface area contributed by atoms with Crippen molar-refractivity contribution in [2.45, 2.75) is 25.8 Å². The molecule has 1 aromatic rings. The van der Waals surface area contributed by atoms with Crippen molar-refractivity contribution in [1.29, 1.82) is 0 Å². The van der Waals surface area contributed by atoms with E-state index in [1.807, 2.05) is 12.1 Å². The van der Waals surface area contributed by atoms with Gasteiger partial charge in [-0.3, -0.25) is 0 Å². The molecular weight excluding hydrogens is 234 g/mol. The molecule has 0 atom stereocenters. The normalized spacial score (nSPS) is 17.1. The highest BCUT2D eigenvalue weighted by atomic mass is 35.5. The topological polar surface area (TPSA) is 21.3 Å². The third-order valence-corrected chi connectivity index (χ3v) is 3.79. The summed E-state index contributed by atoms with van der Waals surface area (Å²) in [6, 6.07) is 8.03. The predicted molar refractivity (Wildman–Crippen MR) is 71.3 cm³/mol. The Kier molecular flexibility index (Phi) is 4.43. The molecule has 0 heterocycles. The van der Waals surface area contributed by atoms with Gasteiger partial charge in [-0.2, -0.15) is 0 Å². The molecule has 1 aliphatic carbocycles. The van der Waals surface area contributed by atoms with E-state index in [9.17, 15) is 0 Å². The molecule has 1 fully saturated rings. The van der Waals surface area contributed by atoms with Gasteiger partial charge in [-0.15, -0.1) is 0 Å². The number of halogens is 1. The Morgan fingerprint density at radius 1 is 1.29 bits per heavy atom. The lowest BCUT2D eigenvalue weighted by atomic mass is 10.0. The molecule has 17 heavy (non-hydrogen) atoms. The summed E-state index contributed by atoms with van der Waals surface area (Å²) in [6.45, 7) is 2.90. The molecule has 94 valence electrons. The van der Waals surface area contributed by atoms with Crippen molar-refractivity contribution in [1.82, 2.24) is 5.32 Å². The monoisotopic (exact) mass is 253 g/mol. The molecule has 0 aliphatic heterocycles. The van der Waals surface area contributed by atoms with Gasteiger partial charge >= 0.3 is 0 Å². The molecule has 0 bridgehead atoms. The maximum Gasteiger partial charge on any atom is 0.0468 e. The van der Waals surface area contributed by atoms with Gasteiger partial charge in [0.15, 0.2) is 0 Å². The van der Waals surface area contributed by atoms with Crippen molar-refractivity contribution in [2.75, 3.05) is 20.3 Å². The minimum absolute atomic E-state index is 0.516. The zero-order chi connectivity index (χ0) is 12.1. The van der Waals surface area contributed by atoms with E-state index in [-0.39, 0.29) is 0 Å². The van der Waals surface area contributed by atoms with Gasteiger partial charge in [-0.1, -0.05) is 23.7 Å². The summed E-state index contributed by atoms with van der Waals surface area (Å²) in [4.78, 5) is 0. The molecule has 2 rings (SSSR count). The number of hydrogen-bond acceptors (Lipinski definition) is 2. The molecule has 1 aliphatic rings. The molecule has 0 amide bonds. The minimum atomic E-state index is 0.516. The third kappa shape index (κ3) is 3.98. The molecule has 3 heteroatoms. The molecule has 2 nitrogen and oxygen atoms in total. The largest absolute Gasteiger partial charge is 0.385 e. The van der Waals surface area contributed by atoms with Crippen molar-refractivity contribution >= 4 is 11.6 Å². The van der Waals surface area contributed by atoms with E-state index in [4.69, 9.17) is 16.3 Å². The third-order valence-electron chi connectivity index (χ3n) is 3.54. The molecule has 0 radical (unpaired) electrons. The number of hydrogen-bond donors (Lipinski definition) is 1. The number of benzene rings is 1. The fourth-order valence-corrected chi connectivity index (χ4v) is 2.21. The molecule has 0 saturated heterocycles. The van der Waals surface area contributed by atoms with Crippen molar-refractivity contribution in [2.24, 2.45) is 5.41 Å². The van der Waals surface area contributed by atoms with Crippen LogP contribution in [0.1, 0.15) is 24.8 Å². The quantitative estimate of drug-likeness (QED) is 0.806. The van der Waals surface area contributed by atoms with Gasteiger partial charge in [-0.25, -0.2) is 0 Å². The summed E-state index contributed by atoms with van der Waals surface area (Å²) in [5.41, 5.74) is 1.81. The van der Waals surface area contributed by atoms with Crippen LogP contribution in [-0.2, 0) is 11.3 Å². The number of ether oxygens (including phenoxy) is 1. The van der Waals surface area contributed by atoms with Crippen LogP contribution in [-0.4, -0.2) is 20.3 Å². The molecular formula is C14H20ClNO. The van der Waals surface area contributed by atoms with Crippen molar-refractivity contribution < 1.29 is 4.74 Å². The maximum atomic E-state index is 5.85. The lowest BCUT2D eigenvalue weighted by Crippen LogP contribution is -2.24. The Morgan fingerprint density at radius 2 is 2.00 bits per heavy atom. The highest BCUT2D eigenvalue weighted by Crippen LogP contribution is 2.48. The first kappa shape index (κ1) is 12.9. The minimum Gasteiger partial charge on any atom is -0.385 e. The zero-order valence-corrected chi connectivity index (χ0v) is 11.1. The first-order valence-electron chi connectivity index (χ1n) is 6.18. The van der Waals surface area contributed by atoms with Crippen LogP contribution in [0.3, 0.4) is 0 Å². The van der Waals surface area contributed by atoms with Gasteiger partial charge in [0.25, 0.3) is 0 Å². The molecule has 1 saturated carbocycles. The van der Waals surface area contributed by atoms with Gasteiger partial charge in [0.05, 0.1) is 0 Å². The van der Waals surface area contributed by atoms with Gasteiger partial charge < -0.3 is 10.1 Å². The number of nitrogens with one attached hydrogen (secondary N) is 1. The first-order valence-corrected chi connectivity index (χ1v) is 6.56. The maximum absolute atomic E-state index is 5.85. The summed E-state index contributed by atoms with van der Waals surface area (Å²) < 4.78 is 5.15. The van der Waals surface area contributed by atoms with Crippen molar-refractivity contribution in [3.05, 3.63) is 34.9 Å². The van der Waals surface area contributed by atoms with E-state index in [1.165, 1.54) is 24.8 Å². The van der Waals surface area contributed by atoms with Gasteiger partial charge in [0.1, 0.15) is 0 Å². The van der Waals surface area contributed by atoms with Crippen LogP contribution in [0.2, 0.25) is 5.02 Å². The average Bonchev–Trinajstić information content (AvgIpc) is 3.10. The highest BCUT2D eigenvalue weighted by molar-refractivity contribution is 6.30. The summed E-state index contributed by atoms with van der Waals surface area (Å²) in [5.74, 6) is 0. The molecule has 1 aromatic carbocycles. The van der Waals surface area contributed by atoms with E-state index in [0.717, 1.165) is 24.7 Å². The second kappa shape index (κ2) is 5.85. The predicted octanol–water partition coefficient (Wildman–Crippen LogP) is 3.25. The van der Waals surface area contributed by atoms with Crippen LogP contribution in [0, 0.1) is 5.41 Å². The van der Waals surface area contributed by atoms with Crippen LogP contribution in [0.5, 0.6) is 0 Å². The number of methoxy groups -OCH3 is 1. The Bertz CT molecular complexity index is 346. The average molecular weight is 254 g/mol. The van der Waals surface area contributed by atoms with Gasteiger partial charge in [-0.05, 0) is 42.4 Å². The van der Waals surface area contributed by atoms with Crippen LogP contribution >= 0.6 is 11.6 Å². The molecule has 0 spiro atoms. The van der Waals surface area contributed by atoms with Crippen LogP contribution in [0.25, 0.3) is 0 Å². The fraction of sp³-hybridized carbons (Fsp3) is 0.571. The van der Waals surface area contributed by atoms with Crippen molar-refractivity contribution in [3.8, 4) is 0 Å². The van der Waals surface area contributed by atoms with Crippen molar-refractivity contribution in [3.63, 3.8) is 0 Å². The Hall–Kier alpha value is -0.570. The van der Waals surface area contributed by atoms with E-state index < -0.39 is 0 Å². The Labute approximate surface area is 108 Å². The summed E-state index contributed by atoms with van der Waals surface area (Å²) in [5, 5.41) is 4.33. The lowest BCUT2D eigenvalue weighted by Gasteiger charge is -2.15. The first-order chi connectivity index (χ1) is 8.24. The Morgan fingerprint density at radius 3 is 2.59 bits per heavy atom. The summed E-state index contributed by atoms with van der Waals surface area (Å²) >= 11 is 5.85. The Balaban J connectivity index is 1.71. The van der Waals surface area contributed by atoms with Gasteiger partial charge in [0, 0.05) is 31.8 Å². The standard InChI is InChI=1S/C14H20ClNO/c1-17-9-8-14(6-7-14)11-16-10-12-2-4-13(15)5-3-12/h2-5,16H,6-11H2,1H3. The SMILES string of the molecule is COCCC1(CNCc2ccc(Cl)cc2)CC1. The van der Waals surface area contributed by atoms with Crippen LogP contribution < -0.4 is 5.32 Å². The summed E-state index contributed by atoms with van der Waals surface area (Å²) in [6.07, 6.45) is 3.85. The second-order valence-corrected chi connectivity index (χ2v) is 5.41. The van der Waals surface area contributed by atoms with Gasteiger partial charge in [0.2, 0.25) is 0 Å². The van der Waals surface area contributed by atoms with E-state index in [2.05, 4.69) is 17.4 Å². The number of rotatable bonds is 7. The van der Waals surface area contributed by atoms with E-state index in [0.29, 0.717) is 5.41 Å². The lowest BCUT2D eigenvalue weighted by molar-refractivity contribution is 0.171. The molecule has 0 unspecified atom stereocenters. The molecule has 0 aromatic heterocycles. The summed E-state index contributed by atoms with van der Waals surface area (Å²) in [7, 11) is 1.78. The van der Waals surface area contributed by atoms with E-state index >= 15 is 0 Å². The van der Waals surface area contributed by atoms with Crippen LogP contribution in [0.4, 0.5) is 0 Å². The smallest absolute Gasteiger partial charge is 0.0468 e. The fourth-order valence-electron chi connectivity index (χ4n) is 2.08.